The Morgan fingerprint density at radius 2 is 1.90 bits per heavy atom. The first-order valence-electron chi connectivity index (χ1n) is 6.62. The van der Waals surface area contributed by atoms with Gasteiger partial charge in [-0.1, -0.05) is 0 Å². The van der Waals surface area contributed by atoms with Gasteiger partial charge in [0.2, 0.25) is 0 Å². The number of benzene rings is 1. The van der Waals surface area contributed by atoms with Gasteiger partial charge in [0.25, 0.3) is 0 Å². The molecule has 21 heavy (non-hydrogen) atoms. The fourth-order valence-corrected chi connectivity index (χ4v) is 1.90. The molecule has 0 amide bonds. The molecule has 110 valence electrons. The Bertz CT molecular complexity index is 649. The molecular weight excluding hydrogens is 266 g/mol. The Labute approximate surface area is 124 Å². The second-order valence-electron chi connectivity index (χ2n) is 4.96. The van der Waals surface area contributed by atoms with E-state index in [-0.39, 0.29) is 12.4 Å². The van der Waals surface area contributed by atoms with Crippen molar-refractivity contribution in [1.82, 2.24) is 4.98 Å². The van der Waals surface area contributed by atoms with E-state index in [9.17, 15) is 10.2 Å². The Morgan fingerprint density at radius 3 is 2.48 bits per heavy atom. The molecule has 1 aromatic carbocycles. The molecule has 0 aliphatic carbocycles. The van der Waals surface area contributed by atoms with E-state index in [0.29, 0.717) is 16.8 Å². The molecule has 5 heteroatoms. The molecule has 0 spiro atoms. The molecule has 0 aliphatic rings. The predicted molar refractivity (Wildman–Crippen MR) is 84.6 cm³/mol. The second kappa shape index (κ2) is 6.37. The van der Waals surface area contributed by atoms with Crippen LogP contribution < -0.4 is 4.90 Å². The number of aryl methyl sites for hydroxylation is 1. The summed E-state index contributed by atoms with van der Waals surface area (Å²) in [7, 11) is 3.95. The smallest absolute Gasteiger partial charge is 0.145 e. The number of rotatable bonds is 4. The van der Waals surface area contributed by atoms with Crippen LogP contribution in [0.4, 0.5) is 11.4 Å². The number of hydrogen-bond donors (Lipinski definition) is 2. The highest BCUT2D eigenvalue weighted by Crippen LogP contribution is 2.23. The van der Waals surface area contributed by atoms with Crippen molar-refractivity contribution in [3.05, 3.63) is 47.3 Å². The van der Waals surface area contributed by atoms with Crippen LogP contribution in [0.5, 0.6) is 5.75 Å². The molecule has 0 fully saturated rings. The topological polar surface area (TPSA) is 69.0 Å². The molecule has 1 aromatic heterocycles. The number of hydrogen-bond acceptors (Lipinski definition) is 5. The van der Waals surface area contributed by atoms with Gasteiger partial charge in [0.15, 0.2) is 0 Å². The van der Waals surface area contributed by atoms with Crippen molar-refractivity contribution in [2.24, 2.45) is 4.99 Å². The van der Waals surface area contributed by atoms with E-state index in [1.165, 1.54) is 0 Å². The molecule has 0 saturated heterocycles. The van der Waals surface area contributed by atoms with Crippen LogP contribution in [0, 0.1) is 6.92 Å². The number of anilines is 1. The van der Waals surface area contributed by atoms with E-state index in [1.54, 1.807) is 19.3 Å². The molecule has 2 rings (SSSR count). The molecule has 5 nitrogen and oxygen atoms in total. The predicted octanol–water partition coefficient (Wildman–Crippen LogP) is 2.40. The largest absolute Gasteiger partial charge is 0.505 e. The van der Waals surface area contributed by atoms with Gasteiger partial charge in [0.05, 0.1) is 18.0 Å². The van der Waals surface area contributed by atoms with Gasteiger partial charge in [0.1, 0.15) is 5.75 Å². The van der Waals surface area contributed by atoms with Crippen molar-refractivity contribution in [3.8, 4) is 5.75 Å². The highest BCUT2D eigenvalue weighted by Gasteiger charge is 2.09. The maximum Gasteiger partial charge on any atom is 0.145 e. The first-order valence-corrected chi connectivity index (χ1v) is 6.62. The Morgan fingerprint density at radius 1 is 1.24 bits per heavy atom. The van der Waals surface area contributed by atoms with Gasteiger partial charge in [0, 0.05) is 43.3 Å². The van der Waals surface area contributed by atoms with Crippen molar-refractivity contribution >= 4 is 17.6 Å². The van der Waals surface area contributed by atoms with Crippen LogP contribution in [-0.2, 0) is 6.61 Å². The Balaban J connectivity index is 2.31. The molecule has 0 aliphatic heterocycles. The standard InChI is InChI=1S/C16H19N3O2/c1-11-16(21)15(12(10-20)8-17-11)9-18-13-4-6-14(7-5-13)19(2)3/h4-9,20-21H,10H2,1-3H3. The summed E-state index contributed by atoms with van der Waals surface area (Å²) < 4.78 is 0. The molecule has 0 radical (unpaired) electrons. The third-order valence-electron chi connectivity index (χ3n) is 3.24. The van der Waals surface area contributed by atoms with Gasteiger partial charge in [-0.3, -0.25) is 9.98 Å². The number of pyridine rings is 1. The lowest BCUT2D eigenvalue weighted by molar-refractivity contribution is 0.280. The molecular formula is C16H19N3O2. The van der Waals surface area contributed by atoms with E-state index >= 15 is 0 Å². The summed E-state index contributed by atoms with van der Waals surface area (Å²) in [6, 6.07) is 7.74. The van der Waals surface area contributed by atoms with Gasteiger partial charge in [-0.15, -0.1) is 0 Å². The fourth-order valence-electron chi connectivity index (χ4n) is 1.90. The second-order valence-corrected chi connectivity index (χ2v) is 4.96. The first-order chi connectivity index (χ1) is 10.0. The third kappa shape index (κ3) is 3.38. The van der Waals surface area contributed by atoms with Crippen LogP contribution in [0.1, 0.15) is 16.8 Å². The van der Waals surface area contributed by atoms with E-state index in [1.807, 2.05) is 43.3 Å². The van der Waals surface area contributed by atoms with Crippen molar-refractivity contribution in [2.45, 2.75) is 13.5 Å². The maximum absolute atomic E-state index is 10.0. The average Bonchev–Trinajstić information content (AvgIpc) is 2.49. The van der Waals surface area contributed by atoms with Gasteiger partial charge >= 0.3 is 0 Å². The van der Waals surface area contributed by atoms with Gasteiger partial charge in [-0.2, -0.15) is 0 Å². The van der Waals surface area contributed by atoms with E-state index in [0.717, 1.165) is 11.4 Å². The lowest BCUT2D eigenvalue weighted by Gasteiger charge is -2.11. The van der Waals surface area contributed by atoms with E-state index in [2.05, 4.69) is 9.98 Å². The minimum Gasteiger partial charge on any atom is -0.505 e. The minimum atomic E-state index is -0.193. The van der Waals surface area contributed by atoms with Crippen LogP contribution in [0.2, 0.25) is 0 Å². The van der Waals surface area contributed by atoms with Crippen LogP contribution in [0.3, 0.4) is 0 Å². The number of aromatic nitrogens is 1. The van der Waals surface area contributed by atoms with Crippen molar-refractivity contribution in [3.63, 3.8) is 0 Å². The van der Waals surface area contributed by atoms with Crippen molar-refractivity contribution < 1.29 is 10.2 Å². The number of aliphatic imine (C=N–C) groups is 1. The fraction of sp³-hybridized carbons (Fsp3) is 0.250. The zero-order valence-electron chi connectivity index (χ0n) is 12.4. The van der Waals surface area contributed by atoms with Crippen LogP contribution in [0.15, 0.2) is 35.5 Å². The number of aliphatic hydroxyl groups excluding tert-OH is 1. The zero-order chi connectivity index (χ0) is 15.4. The molecule has 0 unspecified atom stereocenters. The maximum atomic E-state index is 10.0. The number of aromatic hydroxyl groups is 1. The van der Waals surface area contributed by atoms with E-state index < -0.39 is 0 Å². The summed E-state index contributed by atoms with van der Waals surface area (Å²) in [5.74, 6) is 0.0511. The van der Waals surface area contributed by atoms with Gasteiger partial charge in [-0.05, 0) is 31.2 Å². The van der Waals surface area contributed by atoms with E-state index in [4.69, 9.17) is 0 Å². The van der Waals surface area contributed by atoms with Crippen LogP contribution in [0.25, 0.3) is 0 Å². The van der Waals surface area contributed by atoms with Crippen molar-refractivity contribution in [2.75, 3.05) is 19.0 Å². The van der Waals surface area contributed by atoms with Crippen LogP contribution >= 0.6 is 0 Å². The number of aliphatic hydroxyl groups is 1. The normalized spacial score (nSPS) is 11.0. The highest BCUT2D eigenvalue weighted by molar-refractivity contribution is 5.87. The van der Waals surface area contributed by atoms with Crippen LogP contribution in [-0.4, -0.2) is 35.5 Å². The summed E-state index contributed by atoms with van der Waals surface area (Å²) in [6.07, 6.45) is 3.10. The molecule has 0 atom stereocenters. The minimum absolute atomic E-state index is 0.0511. The quantitative estimate of drug-likeness (QED) is 0.846. The lowest BCUT2D eigenvalue weighted by Crippen LogP contribution is -2.07. The average molecular weight is 285 g/mol. The summed E-state index contributed by atoms with van der Waals surface area (Å²) in [5, 5.41) is 19.3. The van der Waals surface area contributed by atoms with Crippen molar-refractivity contribution in [1.29, 1.82) is 0 Å². The zero-order valence-corrected chi connectivity index (χ0v) is 12.4. The number of nitrogens with zero attached hydrogens (tertiary/aromatic N) is 3. The molecule has 1 heterocycles. The molecule has 2 N–H and O–H groups in total. The first kappa shape index (κ1) is 15.0. The summed E-state index contributed by atoms with van der Waals surface area (Å²) >= 11 is 0. The van der Waals surface area contributed by atoms with Gasteiger partial charge in [-0.25, -0.2) is 0 Å². The summed E-state index contributed by atoms with van der Waals surface area (Å²) in [4.78, 5) is 10.4. The lowest BCUT2D eigenvalue weighted by atomic mass is 10.1. The Kier molecular flexibility index (Phi) is 4.55. The third-order valence-corrected chi connectivity index (χ3v) is 3.24. The highest BCUT2D eigenvalue weighted by atomic mass is 16.3. The monoisotopic (exact) mass is 285 g/mol. The molecule has 2 aromatic rings. The summed E-state index contributed by atoms with van der Waals surface area (Å²) in [6.45, 7) is 1.52. The molecule has 0 saturated carbocycles. The summed E-state index contributed by atoms with van der Waals surface area (Å²) in [5.41, 5.74) is 3.43. The Hall–Kier alpha value is -2.40. The SMILES string of the molecule is Cc1ncc(CO)c(C=Nc2ccc(N(C)C)cc2)c1O. The van der Waals surface area contributed by atoms with Gasteiger partial charge < -0.3 is 15.1 Å². The molecule has 0 bridgehead atoms.